The molecule has 206 valence electrons. The van der Waals surface area contributed by atoms with Crippen molar-refractivity contribution >= 4 is 11.6 Å². The molecule has 0 aliphatic carbocycles. The molecule has 1 aromatic carbocycles. The number of pyridine rings is 1. The smallest absolute Gasteiger partial charge is 0.255 e. The van der Waals surface area contributed by atoms with Crippen LogP contribution in [-0.4, -0.2) is 71.4 Å². The molecule has 3 aromatic rings. The molecule has 0 amide bonds. The fourth-order valence-electron chi connectivity index (χ4n) is 6.24. The van der Waals surface area contributed by atoms with Gasteiger partial charge in [-0.15, -0.1) is 0 Å². The van der Waals surface area contributed by atoms with Gasteiger partial charge in [0.05, 0.1) is 25.0 Å². The monoisotopic (exact) mass is 532 g/mol. The fraction of sp³-hybridized carbons (Fsp3) is 0.500. The third kappa shape index (κ3) is 5.56. The van der Waals surface area contributed by atoms with Gasteiger partial charge >= 0.3 is 0 Å². The number of likely N-dealkylation sites (tertiary alicyclic amines) is 1. The summed E-state index contributed by atoms with van der Waals surface area (Å²) in [6.45, 7) is 6.41. The van der Waals surface area contributed by atoms with E-state index in [9.17, 15) is 9.18 Å². The van der Waals surface area contributed by atoms with Crippen molar-refractivity contribution in [3.8, 4) is 11.3 Å². The Morgan fingerprint density at radius 2 is 1.72 bits per heavy atom. The molecule has 0 saturated carbocycles. The van der Waals surface area contributed by atoms with E-state index < -0.39 is 5.82 Å². The number of hydrogen-bond donors (Lipinski definition) is 0. The van der Waals surface area contributed by atoms with Gasteiger partial charge in [0.2, 0.25) is 5.95 Å². The van der Waals surface area contributed by atoms with E-state index in [0.717, 1.165) is 30.9 Å². The van der Waals surface area contributed by atoms with Crippen LogP contribution in [0.1, 0.15) is 43.8 Å². The predicted molar refractivity (Wildman–Crippen MR) is 151 cm³/mol. The standard InChI is InChI=1S/C30H37FN6O2/c1-34-29(38)19-27(25-9-12-32-20-26(25)31)33-30(34)37-17-18-39-28(21-37)22-5-7-23(8-6-22)36-15-10-24(11-16-36)35-13-3-2-4-14-35/h5-9,12,19-20,24,28H,2-4,10-11,13-18,21H2,1H3/t28-/m1/s1. The van der Waals surface area contributed by atoms with Crippen molar-refractivity contribution in [3.63, 3.8) is 0 Å². The lowest BCUT2D eigenvalue weighted by molar-refractivity contribution is 0.0390. The molecule has 3 saturated heterocycles. The first kappa shape index (κ1) is 26.0. The van der Waals surface area contributed by atoms with Gasteiger partial charge in [-0.2, -0.15) is 0 Å². The van der Waals surface area contributed by atoms with Crippen LogP contribution >= 0.6 is 0 Å². The molecule has 5 heterocycles. The van der Waals surface area contributed by atoms with Crippen LogP contribution in [0.25, 0.3) is 11.3 Å². The van der Waals surface area contributed by atoms with Crippen LogP contribution < -0.4 is 15.4 Å². The van der Waals surface area contributed by atoms with Crippen molar-refractivity contribution in [1.29, 1.82) is 0 Å². The first-order chi connectivity index (χ1) is 19.1. The first-order valence-electron chi connectivity index (χ1n) is 14.2. The van der Waals surface area contributed by atoms with Crippen molar-refractivity contribution in [3.05, 3.63) is 70.5 Å². The van der Waals surface area contributed by atoms with Gasteiger partial charge in [-0.05, 0) is 62.5 Å². The molecule has 3 aliphatic heterocycles. The summed E-state index contributed by atoms with van der Waals surface area (Å²) < 4.78 is 22.0. The molecule has 0 radical (unpaired) electrons. The van der Waals surface area contributed by atoms with Gasteiger partial charge in [0, 0.05) is 56.2 Å². The van der Waals surface area contributed by atoms with Crippen LogP contribution in [0.2, 0.25) is 0 Å². The van der Waals surface area contributed by atoms with Crippen molar-refractivity contribution in [2.45, 2.75) is 44.2 Å². The molecule has 3 aliphatic rings. The summed E-state index contributed by atoms with van der Waals surface area (Å²) in [7, 11) is 1.70. The van der Waals surface area contributed by atoms with Crippen molar-refractivity contribution in [1.82, 2.24) is 19.4 Å². The Hall–Kier alpha value is -3.30. The summed E-state index contributed by atoms with van der Waals surface area (Å²) in [6, 6.07) is 12.4. The largest absolute Gasteiger partial charge is 0.371 e. The average molecular weight is 533 g/mol. The molecule has 1 atom stereocenters. The Labute approximate surface area is 229 Å². The maximum Gasteiger partial charge on any atom is 0.255 e. The molecular formula is C30H37FN6O2. The van der Waals surface area contributed by atoms with E-state index in [1.165, 1.54) is 67.7 Å². The molecule has 8 nitrogen and oxygen atoms in total. The van der Waals surface area contributed by atoms with Crippen LogP contribution in [0, 0.1) is 5.82 Å². The van der Waals surface area contributed by atoms with Gasteiger partial charge in [-0.25, -0.2) is 9.37 Å². The second-order valence-corrected chi connectivity index (χ2v) is 10.9. The molecular weight excluding hydrogens is 495 g/mol. The number of rotatable bonds is 5. The lowest BCUT2D eigenvalue weighted by Gasteiger charge is -2.41. The van der Waals surface area contributed by atoms with E-state index >= 15 is 0 Å². The van der Waals surface area contributed by atoms with Gasteiger partial charge in [-0.1, -0.05) is 18.6 Å². The first-order valence-corrected chi connectivity index (χ1v) is 14.2. The van der Waals surface area contributed by atoms with E-state index in [1.807, 2.05) is 0 Å². The minimum atomic E-state index is -0.500. The van der Waals surface area contributed by atoms with Gasteiger partial charge in [-0.3, -0.25) is 14.3 Å². The van der Waals surface area contributed by atoms with Crippen molar-refractivity contribution in [2.24, 2.45) is 7.05 Å². The van der Waals surface area contributed by atoms with Crippen LogP contribution in [-0.2, 0) is 11.8 Å². The van der Waals surface area contributed by atoms with Gasteiger partial charge in [0.1, 0.15) is 6.10 Å². The molecule has 0 bridgehead atoms. The zero-order valence-corrected chi connectivity index (χ0v) is 22.6. The van der Waals surface area contributed by atoms with Crippen molar-refractivity contribution in [2.75, 3.05) is 55.7 Å². The maximum atomic E-state index is 14.4. The van der Waals surface area contributed by atoms with Crippen LogP contribution in [0.5, 0.6) is 0 Å². The Kier molecular flexibility index (Phi) is 7.61. The number of nitrogens with zero attached hydrogens (tertiary/aromatic N) is 6. The summed E-state index contributed by atoms with van der Waals surface area (Å²) in [5, 5.41) is 0. The summed E-state index contributed by atoms with van der Waals surface area (Å²) in [4.78, 5) is 28.5. The van der Waals surface area contributed by atoms with Crippen molar-refractivity contribution < 1.29 is 9.13 Å². The fourth-order valence-corrected chi connectivity index (χ4v) is 6.24. The zero-order valence-electron chi connectivity index (χ0n) is 22.6. The Balaban J connectivity index is 1.13. The summed E-state index contributed by atoms with van der Waals surface area (Å²) in [5.74, 6) is 0.00933. The second-order valence-electron chi connectivity index (χ2n) is 10.9. The number of aromatic nitrogens is 3. The quantitative estimate of drug-likeness (QED) is 0.492. The molecule has 3 fully saturated rings. The van der Waals surface area contributed by atoms with Gasteiger partial charge in [0.15, 0.2) is 5.82 Å². The van der Waals surface area contributed by atoms with E-state index in [-0.39, 0.29) is 17.2 Å². The van der Waals surface area contributed by atoms with E-state index in [4.69, 9.17) is 4.74 Å². The van der Waals surface area contributed by atoms with Gasteiger partial charge < -0.3 is 19.4 Å². The van der Waals surface area contributed by atoms with Crippen LogP contribution in [0.4, 0.5) is 16.0 Å². The average Bonchev–Trinajstić information content (AvgIpc) is 2.99. The second kappa shape index (κ2) is 11.4. The molecule has 39 heavy (non-hydrogen) atoms. The molecule has 0 spiro atoms. The third-order valence-corrected chi connectivity index (χ3v) is 8.51. The lowest BCUT2D eigenvalue weighted by atomic mass is 9.99. The van der Waals surface area contributed by atoms with Crippen LogP contribution in [0.15, 0.2) is 53.6 Å². The highest BCUT2D eigenvalue weighted by Crippen LogP contribution is 2.30. The number of anilines is 2. The van der Waals surface area contributed by atoms with E-state index in [0.29, 0.717) is 31.3 Å². The number of hydrogen-bond acceptors (Lipinski definition) is 7. The Morgan fingerprint density at radius 3 is 2.46 bits per heavy atom. The molecule has 2 aromatic heterocycles. The molecule has 6 rings (SSSR count). The SMILES string of the molecule is Cn1c(N2CCO[C@@H](c3ccc(N4CCC(N5CCCCC5)CC4)cc3)C2)nc(-c2ccncc2F)cc1=O. The number of benzene rings is 1. The van der Waals surface area contributed by atoms with Gasteiger partial charge in [0.25, 0.3) is 5.56 Å². The maximum absolute atomic E-state index is 14.4. The number of morpholine rings is 1. The van der Waals surface area contributed by atoms with E-state index in [1.54, 1.807) is 13.1 Å². The highest BCUT2D eigenvalue weighted by molar-refractivity contribution is 5.60. The number of ether oxygens (including phenoxy) is 1. The minimum Gasteiger partial charge on any atom is -0.371 e. The Morgan fingerprint density at radius 1 is 0.949 bits per heavy atom. The lowest BCUT2D eigenvalue weighted by Crippen LogP contribution is -2.46. The minimum absolute atomic E-state index is 0.143. The summed E-state index contributed by atoms with van der Waals surface area (Å²) >= 11 is 0. The third-order valence-electron chi connectivity index (χ3n) is 8.51. The molecule has 9 heteroatoms. The highest BCUT2D eigenvalue weighted by atomic mass is 19.1. The Bertz CT molecular complexity index is 1330. The summed E-state index contributed by atoms with van der Waals surface area (Å²) in [5.41, 5.74) is 2.71. The van der Waals surface area contributed by atoms with Crippen LogP contribution in [0.3, 0.4) is 0 Å². The molecule has 0 N–H and O–H groups in total. The molecule has 0 unspecified atom stereocenters. The topological polar surface area (TPSA) is 66.7 Å². The predicted octanol–water partition coefficient (Wildman–Crippen LogP) is 4.01. The number of piperidine rings is 2. The highest BCUT2D eigenvalue weighted by Gasteiger charge is 2.28. The van der Waals surface area contributed by atoms with E-state index in [2.05, 4.69) is 48.9 Å². The number of halogens is 1. The zero-order chi connectivity index (χ0) is 26.8. The summed E-state index contributed by atoms with van der Waals surface area (Å²) in [6.07, 6.45) is 9.05. The normalized spacial score (nSPS) is 21.3.